The van der Waals surface area contributed by atoms with Crippen molar-refractivity contribution >= 4 is 17.4 Å². The maximum absolute atomic E-state index is 12.1. The van der Waals surface area contributed by atoms with Crippen LogP contribution in [0, 0.1) is 28.6 Å². The maximum atomic E-state index is 12.1. The van der Waals surface area contributed by atoms with E-state index in [0.717, 1.165) is 6.42 Å². The largest absolute Gasteiger partial charge is 0.493 e. The fourth-order valence-electron chi connectivity index (χ4n) is 2.34. The number of nitrogens with one attached hydrogen (secondary N) is 1. The summed E-state index contributed by atoms with van der Waals surface area (Å²) >= 11 is 6.08. The van der Waals surface area contributed by atoms with Crippen LogP contribution in [0.3, 0.4) is 0 Å². The molecule has 2 aromatic rings. The van der Waals surface area contributed by atoms with Crippen LogP contribution >= 0.6 is 11.6 Å². The third-order valence-electron chi connectivity index (χ3n) is 3.63. The molecular weight excluding hydrogens is 340 g/mol. The molecule has 7 heteroatoms. The van der Waals surface area contributed by atoms with E-state index in [1.165, 1.54) is 0 Å². The van der Waals surface area contributed by atoms with Crippen LogP contribution in [0.4, 0.5) is 5.82 Å². The Hall–Kier alpha value is -2.96. The molecule has 1 aromatic heterocycles. The van der Waals surface area contributed by atoms with Gasteiger partial charge in [-0.25, -0.2) is 0 Å². The predicted molar refractivity (Wildman–Crippen MR) is 96.3 cm³/mol. The van der Waals surface area contributed by atoms with E-state index < -0.39 is 5.56 Å². The van der Waals surface area contributed by atoms with Crippen LogP contribution < -0.4 is 16.0 Å². The fourth-order valence-corrected chi connectivity index (χ4v) is 2.51. The van der Waals surface area contributed by atoms with E-state index in [9.17, 15) is 15.3 Å². The summed E-state index contributed by atoms with van der Waals surface area (Å²) in [7, 11) is 0. The summed E-state index contributed by atoms with van der Waals surface area (Å²) in [4.78, 5) is 14.4. The number of nitrogens with zero attached hydrogens (tertiary/aromatic N) is 2. The molecule has 0 amide bonds. The summed E-state index contributed by atoms with van der Waals surface area (Å²) in [5, 5.41) is 19.2. The molecular formula is C18H17ClN4O2. The molecule has 0 fully saturated rings. The molecule has 6 nitrogen and oxygen atoms in total. The first-order valence-electron chi connectivity index (χ1n) is 7.67. The van der Waals surface area contributed by atoms with Crippen molar-refractivity contribution in [3.8, 4) is 29.0 Å². The van der Waals surface area contributed by atoms with E-state index in [4.69, 9.17) is 22.1 Å². The van der Waals surface area contributed by atoms with E-state index in [-0.39, 0.29) is 22.5 Å². The van der Waals surface area contributed by atoms with Crippen molar-refractivity contribution in [2.45, 2.75) is 20.3 Å². The Kier molecular flexibility index (Phi) is 5.69. The van der Waals surface area contributed by atoms with Gasteiger partial charge in [0.1, 0.15) is 34.8 Å². The molecule has 0 spiro atoms. The zero-order valence-electron chi connectivity index (χ0n) is 13.9. The Balaban J connectivity index is 2.70. The topological polar surface area (TPSA) is 116 Å². The van der Waals surface area contributed by atoms with Crippen molar-refractivity contribution in [2.24, 2.45) is 5.92 Å². The number of nitrogens with two attached hydrogens (primary N) is 1. The fraction of sp³-hybridized carbons (Fsp3) is 0.278. The molecule has 2 rings (SSSR count). The van der Waals surface area contributed by atoms with Crippen LogP contribution in [0.5, 0.6) is 5.75 Å². The highest BCUT2D eigenvalue weighted by molar-refractivity contribution is 6.31. The molecule has 0 aliphatic rings. The van der Waals surface area contributed by atoms with Gasteiger partial charge in [-0.3, -0.25) is 4.79 Å². The summed E-state index contributed by atoms with van der Waals surface area (Å²) < 4.78 is 5.81. The monoisotopic (exact) mass is 356 g/mol. The van der Waals surface area contributed by atoms with Crippen molar-refractivity contribution in [2.75, 3.05) is 12.3 Å². The third kappa shape index (κ3) is 3.93. The van der Waals surface area contributed by atoms with Gasteiger partial charge < -0.3 is 15.5 Å². The number of nitriles is 2. The number of hydrogen-bond acceptors (Lipinski definition) is 5. The van der Waals surface area contributed by atoms with Crippen LogP contribution in [0.25, 0.3) is 11.1 Å². The highest BCUT2D eigenvalue weighted by Gasteiger charge is 2.21. The maximum Gasteiger partial charge on any atom is 0.268 e. The van der Waals surface area contributed by atoms with Gasteiger partial charge in [0.25, 0.3) is 5.56 Å². The quantitative estimate of drug-likeness (QED) is 0.851. The smallest absolute Gasteiger partial charge is 0.268 e. The molecule has 0 aliphatic heterocycles. The number of ether oxygens (including phenoxy) is 1. The van der Waals surface area contributed by atoms with E-state index in [1.807, 2.05) is 12.1 Å². The van der Waals surface area contributed by atoms with Crippen molar-refractivity contribution < 1.29 is 4.74 Å². The highest BCUT2D eigenvalue weighted by Crippen LogP contribution is 2.37. The number of rotatable bonds is 5. The van der Waals surface area contributed by atoms with Crippen LogP contribution in [0.15, 0.2) is 23.0 Å². The molecule has 25 heavy (non-hydrogen) atoms. The SMILES string of the molecule is CC(C)CCOc1ccc(Cl)cc1-c1c(C#N)c(N)[nH]c(=O)c1C#N. The predicted octanol–water partition coefficient (Wildman–Crippen LogP) is 3.45. The molecule has 0 saturated carbocycles. The van der Waals surface area contributed by atoms with E-state index in [0.29, 0.717) is 28.9 Å². The van der Waals surface area contributed by atoms with Gasteiger partial charge in [-0.1, -0.05) is 25.4 Å². The molecule has 0 radical (unpaired) electrons. The lowest BCUT2D eigenvalue weighted by Crippen LogP contribution is -2.16. The van der Waals surface area contributed by atoms with Gasteiger partial charge in [-0.2, -0.15) is 10.5 Å². The van der Waals surface area contributed by atoms with E-state index >= 15 is 0 Å². The summed E-state index contributed by atoms with van der Waals surface area (Å²) in [5.41, 5.74) is 5.42. The van der Waals surface area contributed by atoms with Crippen LogP contribution in [0.1, 0.15) is 31.4 Å². The average molecular weight is 357 g/mol. The number of aromatic nitrogens is 1. The molecule has 1 aromatic carbocycles. The first-order valence-corrected chi connectivity index (χ1v) is 8.05. The van der Waals surface area contributed by atoms with Crippen LogP contribution in [0.2, 0.25) is 5.02 Å². The minimum absolute atomic E-state index is 0.00660. The number of hydrogen-bond donors (Lipinski definition) is 2. The van der Waals surface area contributed by atoms with Gasteiger partial charge in [-0.15, -0.1) is 0 Å². The summed E-state index contributed by atoms with van der Waals surface area (Å²) in [6, 6.07) is 8.63. The summed E-state index contributed by atoms with van der Waals surface area (Å²) in [6.45, 7) is 4.60. The zero-order chi connectivity index (χ0) is 18.6. The van der Waals surface area contributed by atoms with E-state index in [1.54, 1.807) is 18.2 Å². The van der Waals surface area contributed by atoms with Crippen molar-refractivity contribution in [1.82, 2.24) is 4.98 Å². The van der Waals surface area contributed by atoms with E-state index in [2.05, 4.69) is 18.8 Å². The second-order valence-corrected chi connectivity index (χ2v) is 6.32. The molecule has 128 valence electrons. The first-order chi connectivity index (χ1) is 11.9. The van der Waals surface area contributed by atoms with Gasteiger partial charge in [0.15, 0.2) is 0 Å². The lowest BCUT2D eigenvalue weighted by Gasteiger charge is -2.15. The Morgan fingerprint density at radius 3 is 2.56 bits per heavy atom. The van der Waals surface area contributed by atoms with Gasteiger partial charge in [0.2, 0.25) is 0 Å². The molecule has 0 bridgehead atoms. The Morgan fingerprint density at radius 2 is 1.96 bits per heavy atom. The number of halogens is 1. The molecule has 1 heterocycles. The van der Waals surface area contributed by atoms with Crippen LogP contribution in [-0.4, -0.2) is 11.6 Å². The zero-order valence-corrected chi connectivity index (χ0v) is 14.6. The molecule has 3 N–H and O–H groups in total. The Morgan fingerprint density at radius 1 is 1.28 bits per heavy atom. The van der Waals surface area contributed by atoms with Crippen molar-refractivity contribution in [3.63, 3.8) is 0 Å². The lowest BCUT2D eigenvalue weighted by atomic mass is 9.96. The number of benzene rings is 1. The Bertz CT molecular complexity index is 936. The minimum Gasteiger partial charge on any atom is -0.493 e. The minimum atomic E-state index is -0.665. The highest BCUT2D eigenvalue weighted by atomic mass is 35.5. The molecule has 0 saturated heterocycles. The molecule has 0 aliphatic carbocycles. The third-order valence-corrected chi connectivity index (χ3v) is 3.87. The number of nitrogen functional groups attached to an aromatic ring is 1. The lowest BCUT2D eigenvalue weighted by molar-refractivity contribution is 0.290. The molecule has 0 atom stereocenters. The van der Waals surface area contributed by atoms with Gasteiger partial charge in [-0.05, 0) is 30.5 Å². The Labute approximate surface area is 150 Å². The summed E-state index contributed by atoms with van der Waals surface area (Å²) in [5.74, 6) is 0.785. The van der Waals surface area contributed by atoms with Crippen molar-refractivity contribution in [3.05, 3.63) is 44.7 Å². The summed E-state index contributed by atoms with van der Waals surface area (Å²) in [6.07, 6.45) is 0.829. The molecule has 0 unspecified atom stereocenters. The number of anilines is 1. The van der Waals surface area contributed by atoms with Gasteiger partial charge >= 0.3 is 0 Å². The normalized spacial score (nSPS) is 10.3. The van der Waals surface area contributed by atoms with Gasteiger partial charge in [0.05, 0.1) is 6.61 Å². The first kappa shape index (κ1) is 18.4. The average Bonchev–Trinajstić information content (AvgIpc) is 2.55. The second-order valence-electron chi connectivity index (χ2n) is 5.89. The standard InChI is InChI=1S/C18H17ClN4O2/c1-10(2)5-6-25-15-4-3-11(19)7-12(15)16-13(8-20)17(22)23-18(24)14(16)9-21/h3-4,7,10H,5-6H2,1-2H3,(H3,22,23,24). The van der Waals surface area contributed by atoms with Crippen LogP contribution in [-0.2, 0) is 0 Å². The van der Waals surface area contributed by atoms with Gasteiger partial charge in [0, 0.05) is 16.1 Å². The van der Waals surface area contributed by atoms with Crippen molar-refractivity contribution in [1.29, 1.82) is 10.5 Å². The second kappa shape index (κ2) is 7.74. The number of H-pyrrole nitrogens is 1. The number of pyridine rings is 1. The number of aromatic amines is 1.